The molecule has 0 fully saturated rings. The van der Waals surface area contributed by atoms with Gasteiger partial charge in [-0.3, -0.25) is 0 Å². The Labute approximate surface area is 234 Å². The van der Waals surface area contributed by atoms with E-state index in [0.717, 1.165) is 82.2 Å². The molecule has 0 atom stereocenters. The first-order chi connectivity index (χ1) is 20.3. The van der Waals surface area contributed by atoms with Gasteiger partial charge in [0.25, 0.3) is 0 Å². The van der Waals surface area contributed by atoms with Crippen molar-refractivity contribution >= 4 is 65.3 Å². The van der Waals surface area contributed by atoms with E-state index in [-0.39, 0.29) is 0 Å². The van der Waals surface area contributed by atoms with Crippen LogP contribution in [0.1, 0.15) is 0 Å². The van der Waals surface area contributed by atoms with E-state index in [4.69, 9.17) is 19.4 Å². The van der Waals surface area contributed by atoms with Gasteiger partial charge in [-0.2, -0.15) is 0 Å². The number of rotatable bonds is 2. The molecule has 190 valence electrons. The zero-order valence-corrected chi connectivity index (χ0v) is 21.9. The minimum absolute atomic E-state index is 0.595. The second-order valence-corrected chi connectivity index (χ2v) is 10.4. The first-order valence-electron chi connectivity index (χ1n) is 13.7. The number of pyridine rings is 1. The van der Waals surface area contributed by atoms with Crippen molar-refractivity contribution in [2.24, 2.45) is 0 Å². The first-order valence-corrected chi connectivity index (χ1v) is 13.7. The van der Waals surface area contributed by atoms with E-state index < -0.39 is 0 Å². The van der Waals surface area contributed by atoms with Crippen molar-refractivity contribution in [2.45, 2.75) is 0 Å². The molecule has 0 N–H and O–H groups in total. The van der Waals surface area contributed by atoms with Crippen LogP contribution in [0.25, 0.3) is 88.1 Å². The zero-order valence-electron chi connectivity index (χ0n) is 21.9. The van der Waals surface area contributed by atoms with Crippen LogP contribution in [0.5, 0.6) is 0 Å². The number of nitrogens with zero attached hydrogens (tertiary/aromatic N) is 3. The molecule has 3 heterocycles. The van der Waals surface area contributed by atoms with E-state index in [9.17, 15) is 0 Å². The largest absolute Gasteiger partial charge is 0.454 e. The maximum Gasteiger partial charge on any atom is 0.179 e. The molecule has 6 aromatic carbocycles. The van der Waals surface area contributed by atoms with Gasteiger partial charge in [0.1, 0.15) is 16.8 Å². The molecule has 41 heavy (non-hydrogen) atoms. The molecular formula is C37H21N3O. The number of benzene rings is 6. The highest BCUT2D eigenvalue weighted by Crippen LogP contribution is 2.44. The third-order valence-electron chi connectivity index (χ3n) is 8.05. The molecule has 0 unspecified atom stereocenters. The minimum Gasteiger partial charge on any atom is -0.454 e. The molecule has 3 aromatic heterocycles. The van der Waals surface area contributed by atoms with Crippen molar-refractivity contribution in [1.29, 1.82) is 0 Å². The van der Waals surface area contributed by atoms with Crippen LogP contribution < -0.4 is 0 Å². The van der Waals surface area contributed by atoms with E-state index in [0.29, 0.717) is 5.82 Å². The van der Waals surface area contributed by atoms with Crippen LogP contribution in [-0.2, 0) is 0 Å². The van der Waals surface area contributed by atoms with Crippen LogP contribution in [0.4, 0.5) is 0 Å². The number of hydrogen-bond acceptors (Lipinski definition) is 4. The van der Waals surface area contributed by atoms with E-state index in [2.05, 4.69) is 78.9 Å². The quantitative estimate of drug-likeness (QED) is 0.212. The van der Waals surface area contributed by atoms with Gasteiger partial charge in [-0.15, -0.1) is 0 Å². The predicted molar refractivity (Wildman–Crippen MR) is 168 cm³/mol. The number of hydrogen-bond donors (Lipinski definition) is 0. The van der Waals surface area contributed by atoms with Crippen molar-refractivity contribution in [3.05, 3.63) is 127 Å². The Bertz CT molecular complexity index is 2480. The molecule has 0 radical (unpaired) electrons. The van der Waals surface area contributed by atoms with Crippen LogP contribution >= 0.6 is 0 Å². The average Bonchev–Trinajstić information content (AvgIpc) is 3.44. The Hall–Kier alpha value is -5.61. The lowest BCUT2D eigenvalue weighted by molar-refractivity contribution is 0.672. The molecular weight excluding hydrogens is 502 g/mol. The highest BCUT2D eigenvalue weighted by Gasteiger charge is 2.22. The normalized spacial score (nSPS) is 11.9. The van der Waals surface area contributed by atoms with Gasteiger partial charge in [-0.25, -0.2) is 15.0 Å². The maximum absolute atomic E-state index is 6.57. The van der Waals surface area contributed by atoms with Gasteiger partial charge in [0, 0.05) is 32.5 Å². The lowest BCUT2D eigenvalue weighted by atomic mass is 9.95. The van der Waals surface area contributed by atoms with Gasteiger partial charge in [0.15, 0.2) is 11.4 Å². The second-order valence-electron chi connectivity index (χ2n) is 10.4. The molecule has 4 heteroatoms. The minimum atomic E-state index is 0.595. The first kappa shape index (κ1) is 22.2. The Morgan fingerprint density at radius 2 is 1.00 bits per heavy atom. The van der Waals surface area contributed by atoms with Gasteiger partial charge in [0.05, 0.1) is 11.2 Å². The molecule has 9 aromatic rings. The molecule has 0 aliphatic carbocycles. The summed E-state index contributed by atoms with van der Waals surface area (Å²) in [5.74, 6) is 0.595. The SMILES string of the molecule is c1ccc(-c2nc(-c3nc4c5oc6ccccc6c5c5ccccc5c4c4ccccc34)nc3ccccc23)cc1. The maximum atomic E-state index is 6.57. The topological polar surface area (TPSA) is 51.8 Å². The van der Waals surface area contributed by atoms with Crippen LogP contribution in [0, 0.1) is 0 Å². The molecule has 0 saturated heterocycles. The summed E-state index contributed by atoms with van der Waals surface area (Å²) in [6.45, 7) is 0. The molecule has 0 aliphatic rings. The molecule has 0 amide bonds. The molecule has 9 rings (SSSR count). The van der Waals surface area contributed by atoms with Crippen LogP contribution in [-0.4, -0.2) is 15.0 Å². The smallest absolute Gasteiger partial charge is 0.179 e. The summed E-state index contributed by atoms with van der Waals surface area (Å²) in [6, 6.07) is 43.7. The van der Waals surface area contributed by atoms with Crippen molar-refractivity contribution < 1.29 is 4.42 Å². The molecule has 0 aliphatic heterocycles. The monoisotopic (exact) mass is 523 g/mol. The number of aromatic nitrogens is 3. The van der Waals surface area contributed by atoms with Gasteiger partial charge in [-0.1, -0.05) is 115 Å². The number of para-hydroxylation sites is 2. The summed E-state index contributed by atoms with van der Waals surface area (Å²) in [7, 11) is 0. The summed E-state index contributed by atoms with van der Waals surface area (Å²) >= 11 is 0. The standard InChI is InChI=1S/C37H21N3O/c1-2-12-22(13-3-1)33-27-18-8-10-20-29(27)38-37(40-33)34-26-17-7-6-16-25(26)31-23-14-4-5-15-24(23)32-28-19-9-11-21-30(28)41-36(32)35(31)39-34/h1-21H. The van der Waals surface area contributed by atoms with E-state index in [1.165, 1.54) is 0 Å². The average molecular weight is 524 g/mol. The zero-order chi connectivity index (χ0) is 26.9. The Morgan fingerprint density at radius 3 is 1.78 bits per heavy atom. The van der Waals surface area contributed by atoms with E-state index >= 15 is 0 Å². The third kappa shape index (κ3) is 3.19. The van der Waals surface area contributed by atoms with Crippen LogP contribution in [0.15, 0.2) is 132 Å². The fourth-order valence-corrected chi connectivity index (χ4v) is 6.27. The van der Waals surface area contributed by atoms with Crippen LogP contribution in [0.3, 0.4) is 0 Å². The highest BCUT2D eigenvalue weighted by atomic mass is 16.3. The fourth-order valence-electron chi connectivity index (χ4n) is 6.27. The summed E-state index contributed by atoms with van der Waals surface area (Å²) in [6.07, 6.45) is 0. The molecule has 0 spiro atoms. The summed E-state index contributed by atoms with van der Waals surface area (Å²) < 4.78 is 6.57. The summed E-state index contributed by atoms with van der Waals surface area (Å²) in [4.78, 5) is 15.6. The molecule has 0 bridgehead atoms. The third-order valence-corrected chi connectivity index (χ3v) is 8.05. The summed E-state index contributed by atoms with van der Waals surface area (Å²) in [5, 5.41) is 8.69. The van der Waals surface area contributed by atoms with Crippen molar-refractivity contribution in [1.82, 2.24) is 15.0 Å². The fraction of sp³-hybridized carbons (Fsp3) is 0. The van der Waals surface area contributed by atoms with Crippen LogP contribution in [0.2, 0.25) is 0 Å². The lowest BCUT2D eigenvalue weighted by Gasteiger charge is -2.14. The number of fused-ring (bicyclic) bond motifs is 11. The number of furan rings is 1. The second kappa shape index (κ2) is 8.44. The van der Waals surface area contributed by atoms with Gasteiger partial charge < -0.3 is 4.42 Å². The van der Waals surface area contributed by atoms with Gasteiger partial charge in [0.2, 0.25) is 0 Å². The molecule has 0 saturated carbocycles. The highest BCUT2D eigenvalue weighted by molar-refractivity contribution is 6.34. The van der Waals surface area contributed by atoms with Gasteiger partial charge in [-0.05, 0) is 28.3 Å². The summed E-state index contributed by atoms with van der Waals surface area (Å²) in [5.41, 5.74) is 6.03. The van der Waals surface area contributed by atoms with E-state index in [1.807, 2.05) is 48.5 Å². The molecule has 4 nitrogen and oxygen atoms in total. The Balaban J connectivity index is 1.48. The lowest BCUT2D eigenvalue weighted by Crippen LogP contribution is -1.99. The van der Waals surface area contributed by atoms with Crippen molar-refractivity contribution in [3.8, 4) is 22.8 Å². The van der Waals surface area contributed by atoms with Crippen molar-refractivity contribution in [3.63, 3.8) is 0 Å². The Kier molecular flexibility index (Phi) is 4.58. The van der Waals surface area contributed by atoms with Gasteiger partial charge >= 0.3 is 0 Å². The predicted octanol–water partition coefficient (Wildman–Crippen LogP) is 9.72. The van der Waals surface area contributed by atoms with Crippen molar-refractivity contribution in [2.75, 3.05) is 0 Å². The van der Waals surface area contributed by atoms with E-state index in [1.54, 1.807) is 0 Å². The Morgan fingerprint density at radius 1 is 0.415 bits per heavy atom.